The van der Waals surface area contributed by atoms with Crippen molar-refractivity contribution in [1.82, 2.24) is 0 Å². The zero-order chi connectivity index (χ0) is 10.8. The summed E-state index contributed by atoms with van der Waals surface area (Å²) in [7, 11) is 3.89. The molecular weight excluding hydrogens is 232 g/mol. The Balaban J connectivity index is 1.84. The summed E-state index contributed by atoms with van der Waals surface area (Å²) in [6, 6.07) is 19.5. The van der Waals surface area contributed by atoms with E-state index in [0.717, 1.165) is 6.42 Å². The topological polar surface area (TPSA) is 0 Å². The average molecular weight is 244 g/mol. The van der Waals surface area contributed by atoms with E-state index in [-0.39, 0.29) is 0 Å². The van der Waals surface area contributed by atoms with Crippen LogP contribution in [0.1, 0.15) is 16.4 Å². The van der Waals surface area contributed by atoms with E-state index >= 15 is 0 Å². The molecular formula is C14H12S2. The SMILES string of the molecule is c1ccc(CC2SSc3ccccc32)cc1. The molecule has 1 aliphatic rings. The molecule has 0 aliphatic carbocycles. The Kier molecular flexibility index (Phi) is 2.94. The highest BCUT2D eigenvalue weighted by Crippen LogP contribution is 2.53. The summed E-state index contributed by atoms with van der Waals surface area (Å²) in [5.41, 5.74) is 2.93. The van der Waals surface area contributed by atoms with Crippen LogP contribution in [0, 0.1) is 0 Å². The molecule has 0 fully saturated rings. The maximum Gasteiger partial charge on any atom is 0.0456 e. The zero-order valence-electron chi connectivity index (χ0n) is 8.80. The van der Waals surface area contributed by atoms with Gasteiger partial charge in [-0.25, -0.2) is 0 Å². The van der Waals surface area contributed by atoms with E-state index in [1.165, 1.54) is 16.0 Å². The first-order valence-corrected chi connectivity index (χ1v) is 7.61. The fraction of sp³-hybridized carbons (Fsp3) is 0.143. The smallest absolute Gasteiger partial charge is 0.0456 e. The second-order valence-corrected chi connectivity index (χ2v) is 6.34. The number of fused-ring (bicyclic) bond motifs is 1. The second kappa shape index (κ2) is 4.56. The number of hydrogen-bond acceptors (Lipinski definition) is 2. The molecule has 0 radical (unpaired) electrons. The van der Waals surface area contributed by atoms with Gasteiger partial charge in [0.1, 0.15) is 0 Å². The fourth-order valence-corrected chi connectivity index (χ4v) is 4.89. The molecule has 1 heterocycles. The van der Waals surface area contributed by atoms with Crippen LogP contribution in [0.25, 0.3) is 0 Å². The van der Waals surface area contributed by atoms with E-state index in [1.807, 2.05) is 21.6 Å². The molecule has 0 nitrogen and oxygen atoms in total. The molecule has 80 valence electrons. The average Bonchev–Trinajstić information content (AvgIpc) is 2.74. The fourth-order valence-electron chi connectivity index (χ4n) is 1.96. The van der Waals surface area contributed by atoms with Crippen LogP contribution in [0.15, 0.2) is 59.5 Å². The number of hydrogen-bond donors (Lipinski definition) is 0. The molecule has 0 aromatic heterocycles. The quantitative estimate of drug-likeness (QED) is 0.701. The van der Waals surface area contributed by atoms with Crippen molar-refractivity contribution in [2.45, 2.75) is 16.6 Å². The highest BCUT2D eigenvalue weighted by Gasteiger charge is 2.23. The Morgan fingerprint density at radius 2 is 1.62 bits per heavy atom. The summed E-state index contributed by atoms with van der Waals surface area (Å²) in [6.07, 6.45) is 1.13. The molecule has 3 rings (SSSR count). The van der Waals surface area contributed by atoms with Gasteiger partial charge in [-0.2, -0.15) is 0 Å². The molecule has 2 aromatic rings. The van der Waals surface area contributed by atoms with Gasteiger partial charge in [0.2, 0.25) is 0 Å². The Bertz CT molecular complexity index is 479. The minimum Gasteiger partial charge on any atom is -0.0803 e. The van der Waals surface area contributed by atoms with Gasteiger partial charge in [0.15, 0.2) is 0 Å². The predicted molar refractivity (Wildman–Crippen MR) is 72.8 cm³/mol. The lowest BCUT2D eigenvalue weighted by Crippen LogP contribution is -1.95. The van der Waals surface area contributed by atoms with Gasteiger partial charge >= 0.3 is 0 Å². The van der Waals surface area contributed by atoms with Crippen molar-refractivity contribution < 1.29 is 0 Å². The largest absolute Gasteiger partial charge is 0.0803 e. The number of rotatable bonds is 2. The van der Waals surface area contributed by atoms with Crippen LogP contribution < -0.4 is 0 Å². The van der Waals surface area contributed by atoms with Crippen molar-refractivity contribution in [1.29, 1.82) is 0 Å². The summed E-state index contributed by atoms with van der Waals surface area (Å²) in [4.78, 5) is 1.44. The predicted octanol–water partition coefficient (Wildman–Crippen LogP) is 4.72. The van der Waals surface area contributed by atoms with Crippen LogP contribution in [-0.4, -0.2) is 0 Å². The molecule has 0 N–H and O–H groups in total. The summed E-state index contributed by atoms with van der Waals surface area (Å²) in [5.74, 6) is 0. The van der Waals surface area contributed by atoms with Crippen molar-refractivity contribution in [3.63, 3.8) is 0 Å². The minimum absolute atomic E-state index is 0.614. The Morgan fingerprint density at radius 1 is 0.875 bits per heavy atom. The second-order valence-electron chi connectivity index (χ2n) is 3.90. The van der Waals surface area contributed by atoms with Gasteiger partial charge in [0.05, 0.1) is 0 Å². The highest BCUT2D eigenvalue weighted by atomic mass is 33.1. The van der Waals surface area contributed by atoms with Gasteiger partial charge in [-0.1, -0.05) is 70.1 Å². The molecule has 0 spiro atoms. The van der Waals surface area contributed by atoms with Gasteiger partial charge in [0, 0.05) is 10.1 Å². The van der Waals surface area contributed by atoms with Crippen LogP contribution in [0.3, 0.4) is 0 Å². The molecule has 16 heavy (non-hydrogen) atoms. The summed E-state index contributed by atoms with van der Waals surface area (Å²) >= 11 is 0. The first-order valence-electron chi connectivity index (χ1n) is 5.40. The standard InChI is InChI=1S/C14H12S2/c1-2-6-11(7-3-1)10-14-12-8-4-5-9-13(12)15-16-14/h1-9,14H,10H2. The van der Waals surface area contributed by atoms with Crippen LogP contribution in [-0.2, 0) is 6.42 Å². The van der Waals surface area contributed by atoms with Crippen LogP contribution in [0.5, 0.6) is 0 Å². The number of benzene rings is 2. The first kappa shape index (κ1) is 10.3. The third-order valence-corrected chi connectivity index (χ3v) is 5.61. The maximum absolute atomic E-state index is 2.26. The van der Waals surface area contributed by atoms with E-state index < -0.39 is 0 Å². The molecule has 0 amide bonds. The summed E-state index contributed by atoms with van der Waals surface area (Å²) in [6.45, 7) is 0. The summed E-state index contributed by atoms with van der Waals surface area (Å²) < 4.78 is 0. The maximum atomic E-state index is 2.26. The van der Waals surface area contributed by atoms with E-state index in [4.69, 9.17) is 0 Å². The van der Waals surface area contributed by atoms with E-state index in [9.17, 15) is 0 Å². The Morgan fingerprint density at radius 3 is 2.50 bits per heavy atom. The molecule has 1 aliphatic heterocycles. The molecule has 0 bridgehead atoms. The molecule has 1 unspecified atom stereocenters. The molecule has 0 saturated heterocycles. The third-order valence-electron chi connectivity index (χ3n) is 2.78. The molecule has 2 aromatic carbocycles. The monoisotopic (exact) mass is 244 g/mol. The van der Waals surface area contributed by atoms with Crippen molar-refractivity contribution >= 4 is 21.6 Å². The lowest BCUT2D eigenvalue weighted by atomic mass is 10.0. The lowest BCUT2D eigenvalue weighted by molar-refractivity contribution is 0.921. The van der Waals surface area contributed by atoms with Gasteiger partial charge in [-0.15, -0.1) is 0 Å². The Labute approximate surface area is 104 Å². The highest BCUT2D eigenvalue weighted by molar-refractivity contribution is 8.77. The van der Waals surface area contributed by atoms with Gasteiger partial charge < -0.3 is 0 Å². The van der Waals surface area contributed by atoms with Gasteiger partial charge in [-0.3, -0.25) is 0 Å². The van der Waals surface area contributed by atoms with Crippen LogP contribution >= 0.6 is 21.6 Å². The van der Waals surface area contributed by atoms with Gasteiger partial charge in [-0.05, 0) is 23.6 Å². The first-order chi connectivity index (χ1) is 7.93. The van der Waals surface area contributed by atoms with Crippen molar-refractivity contribution in [2.24, 2.45) is 0 Å². The van der Waals surface area contributed by atoms with Gasteiger partial charge in [0.25, 0.3) is 0 Å². The minimum atomic E-state index is 0.614. The molecule has 2 heteroatoms. The normalized spacial score (nSPS) is 18.4. The van der Waals surface area contributed by atoms with E-state index in [1.54, 1.807) is 0 Å². The molecule has 1 atom stereocenters. The van der Waals surface area contributed by atoms with Crippen LogP contribution in [0.4, 0.5) is 0 Å². The van der Waals surface area contributed by atoms with Crippen molar-refractivity contribution in [3.05, 3.63) is 65.7 Å². The third kappa shape index (κ3) is 2.00. The summed E-state index contributed by atoms with van der Waals surface area (Å²) in [5, 5.41) is 0.614. The van der Waals surface area contributed by atoms with E-state index in [0.29, 0.717) is 5.25 Å². The lowest BCUT2D eigenvalue weighted by Gasteiger charge is -2.09. The zero-order valence-corrected chi connectivity index (χ0v) is 10.4. The van der Waals surface area contributed by atoms with Crippen LogP contribution in [0.2, 0.25) is 0 Å². The Hall–Kier alpha value is -0.860. The molecule has 0 saturated carbocycles. The van der Waals surface area contributed by atoms with Crippen molar-refractivity contribution in [2.75, 3.05) is 0 Å². The van der Waals surface area contributed by atoms with Crippen molar-refractivity contribution in [3.8, 4) is 0 Å². The van der Waals surface area contributed by atoms with E-state index in [2.05, 4.69) is 54.6 Å².